The minimum atomic E-state index is -2.19. The van der Waals surface area contributed by atoms with Crippen LogP contribution in [0.2, 0.25) is 6.55 Å². The van der Waals surface area contributed by atoms with E-state index in [1.54, 1.807) is 6.55 Å². The van der Waals surface area contributed by atoms with Gasteiger partial charge in [0.05, 0.1) is 0 Å². The second-order valence-corrected chi connectivity index (χ2v) is 10.9. The third kappa shape index (κ3) is 38.0. The molecule has 36 valence electrons. The Balaban J connectivity index is 0. The molecule has 0 radical (unpaired) electrons. The molecule has 0 aromatic heterocycles. The van der Waals surface area contributed by atoms with Crippen molar-refractivity contribution >= 4 is 39.2 Å². The molecule has 0 nitrogen and oxygen atoms in total. The molecule has 0 aliphatic heterocycles. The van der Waals surface area contributed by atoms with E-state index in [0.717, 1.165) is 0 Å². The Hall–Kier alpha value is 1.97. The zero-order chi connectivity index (χ0) is 4.50. The molecule has 0 spiro atoms. The molecule has 0 aromatic carbocycles. The molecule has 0 aromatic rings. The van der Waals surface area contributed by atoms with Gasteiger partial charge in [-0.1, -0.05) is 0 Å². The number of hydrogen-bond donors (Lipinski definition) is 0. The summed E-state index contributed by atoms with van der Waals surface area (Å²) in [4.78, 5) is 0. The number of hydrogen-bond acceptors (Lipinski definition) is 0. The van der Waals surface area contributed by atoms with E-state index in [4.69, 9.17) is 33.2 Å². The van der Waals surface area contributed by atoms with Crippen molar-refractivity contribution in [3.63, 3.8) is 0 Å². The summed E-state index contributed by atoms with van der Waals surface area (Å²) in [6.07, 6.45) is 0. The monoisotopic (exact) mass is 238 g/mol. The predicted molar refractivity (Wildman–Crippen MR) is 29.2 cm³/mol. The van der Waals surface area contributed by atoms with Crippen LogP contribution in [0.5, 0.6) is 0 Å². The summed E-state index contributed by atoms with van der Waals surface area (Å²) in [7, 11) is 0. The van der Waals surface area contributed by atoms with Crippen LogP contribution in [0.15, 0.2) is 0 Å². The summed E-state index contributed by atoms with van der Waals surface area (Å²) in [6, 6.07) is -2.19. The van der Waals surface area contributed by atoms with Gasteiger partial charge in [-0.3, -0.25) is 0 Å². The summed E-state index contributed by atoms with van der Waals surface area (Å²) in [6.45, 7) is 1.62. The van der Waals surface area contributed by atoms with Crippen molar-refractivity contribution in [3.05, 3.63) is 0 Å². The van der Waals surface area contributed by atoms with Gasteiger partial charge in [-0.25, -0.2) is 0 Å². The summed E-state index contributed by atoms with van der Waals surface area (Å²) >= 11 is 15.6. The van der Waals surface area contributed by atoms with Crippen LogP contribution in [-0.4, -0.2) is 6.00 Å². The summed E-state index contributed by atoms with van der Waals surface area (Å²) in [5.74, 6) is 0. The van der Waals surface area contributed by atoms with E-state index in [0.29, 0.717) is 0 Å². The quantitative estimate of drug-likeness (QED) is 0.450. The molecule has 0 heterocycles. The minimum Gasteiger partial charge on any atom is -0.126 e. The molecule has 0 saturated carbocycles. The van der Waals surface area contributed by atoms with Gasteiger partial charge in [0.2, 0.25) is 0 Å². The Morgan fingerprint density at radius 3 is 1.17 bits per heavy atom. The van der Waals surface area contributed by atoms with Crippen LogP contribution in [0.1, 0.15) is 0 Å². The second-order valence-electron chi connectivity index (χ2n) is 0.781. The first kappa shape index (κ1) is 10.9. The normalized spacial score (nSPS) is 10.0. The van der Waals surface area contributed by atoms with Gasteiger partial charge in [0.1, 0.15) is 0 Å². The van der Waals surface area contributed by atoms with Crippen molar-refractivity contribution in [2.45, 2.75) is 6.55 Å². The molecule has 0 N–H and O–H groups in total. The zero-order valence-corrected chi connectivity index (χ0v) is 8.86. The maximum atomic E-state index is 5.20. The fourth-order valence-electron chi connectivity index (χ4n) is 0. The first-order valence-electron chi connectivity index (χ1n) is 1.07. The summed E-state index contributed by atoms with van der Waals surface area (Å²) in [5.41, 5.74) is 0. The number of halogens is 3. The minimum absolute atomic E-state index is 0. The van der Waals surface area contributed by atoms with E-state index < -0.39 is 6.00 Å². The van der Waals surface area contributed by atoms with E-state index in [1.807, 2.05) is 0 Å². The Bertz CT molecular complexity index is 26.3. The van der Waals surface area contributed by atoms with Crippen molar-refractivity contribution in [2.24, 2.45) is 0 Å². The molecule has 0 fully saturated rings. The van der Waals surface area contributed by atoms with Crippen LogP contribution in [0.3, 0.4) is 0 Å². The molecule has 0 amide bonds. The van der Waals surface area contributed by atoms with Crippen molar-refractivity contribution < 1.29 is 26.2 Å². The molecule has 0 atom stereocenters. The molecule has 0 aliphatic carbocycles. The largest absolute Gasteiger partial charge is 0.338 e. The first-order chi connectivity index (χ1) is 2.00. The molecule has 5 heteroatoms. The van der Waals surface area contributed by atoms with Crippen molar-refractivity contribution in [1.29, 1.82) is 0 Å². The van der Waals surface area contributed by atoms with E-state index in [2.05, 4.69) is 0 Å². The van der Waals surface area contributed by atoms with Gasteiger partial charge < -0.3 is 0 Å². The molecule has 0 saturated heterocycles. The van der Waals surface area contributed by atoms with Gasteiger partial charge in [0.25, 0.3) is 0 Å². The molecule has 0 bridgehead atoms. The summed E-state index contributed by atoms with van der Waals surface area (Å²) < 4.78 is 0. The Morgan fingerprint density at radius 1 is 1.17 bits per heavy atom. The fraction of sp³-hybridized carbons (Fsp3) is 1.00. The number of rotatable bonds is 0. The van der Waals surface area contributed by atoms with Crippen LogP contribution < -0.4 is 0 Å². The average Bonchev–Trinajstić information content (AvgIpc) is 0.722. The van der Waals surface area contributed by atoms with E-state index in [9.17, 15) is 0 Å². The maximum Gasteiger partial charge on any atom is 0.338 e. The van der Waals surface area contributed by atoms with Crippen molar-refractivity contribution in [1.82, 2.24) is 0 Å². The van der Waals surface area contributed by atoms with Gasteiger partial charge in [0, 0.05) is 26.2 Å². The van der Waals surface area contributed by atoms with E-state index in [1.165, 1.54) is 0 Å². The van der Waals surface area contributed by atoms with Crippen molar-refractivity contribution in [2.75, 3.05) is 0 Å². The van der Waals surface area contributed by atoms with Gasteiger partial charge in [0.15, 0.2) is 0 Å². The van der Waals surface area contributed by atoms with Crippen LogP contribution in [0.4, 0.5) is 0 Å². The van der Waals surface area contributed by atoms with Crippen LogP contribution in [0, 0.1) is 0 Å². The zero-order valence-electron chi connectivity index (χ0n) is 3.13. The van der Waals surface area contributed by atoms with Crippen molar-refractivity contribution in [3.8, 4) is 0 Å². The van der Waals surface area contributed by atoms with Crippen LogP contribution in [0.25, 0.3) is 0 Å². The van der Waals surface area contributed by atoms with Crippen LogP contribution in [-0.2, 0) is 26.2 Å². The van der Waals surface area contributed by atoms with Gasteiger partial charge in [-0.2, -0.15) is 0 Å². The van der Waals surface area contributed by atoms with E-state index >= 15 is 0 Å². The van der Waals surface area contributed by atoms with Crippen LogP contribution >= 0.6 is 33.2 Å². The van der Waals surface area contributed by atoms with Gasteiger partial charge in [-0.05, 0) is 6.55 Å². The predicted octanol–water partition coefficient (Wildman–Crippen LogP) is 2.27. The summed E-state index contributed by atoms with van der Waals surface area (Å²) in [5, 5.41) is 0. The fourth-order valence-corrected chi connectivity index (χ4v) is 0. The molecule has 0 rings (SSSR count). The Morgan fingerprint density at radius 2 is 1.17 bits per heavy atom. The van der Waals surface area contributed by atoms with E-state index in [-0.39, 0.29) is 26.2 Å². The molecular weight excluding hydrogens is 238 g/mol. The smallest absolute Gasteiger partial charge is 0.126 e. The molecule has 0 unspecified atom stereocenters. The first-order valence-corrected chi connectivity index (χ1v) is 6.60. The molecule has 6 heavy (non-hydrogen) atoms. The topological polar surface area (TPSA) is 0 Å². The average molecular weight is 241 g/mol. The van der Waals surface area contributed by atoms with Gasteiger partial charge >= 0.3 is 6.00 Å². The standard InChI is InChI=1S/CH3Cl3Si.Zr/c1-5(2,3)4;/h1H3;. The molecular formula is CH3Cl3SiZr. The van der Waals surface area contributed by atoms with Gasteiger partial charge in [-0.15, -0.1) is 33.2 Å². The maximum absolute atomic E-state index is 5.20. The molecule has 0 aliphatic rings. The Labute approximate surface area is 71.4 Å². The third-order valence-electron chi connectivity index (χ3n) is 0. The third-order valence-corrected chi connectivity index (χ3v) is 0. The Kier molecular flexibility index (Phi) is 7.08. The second kappa shape index (κ2) is 3.91. The SMILES string of the molecule is C[Si](Cl)(Cl)Cl.[Zr].